The molecule has 0 N–H and O–H groups in total. The maximum Gasteiger partial charge on any atom is 0.243 e. The number of carbonyl (C=O) groups excluding carboxylic acids is 3. The van der Waals surface area contributed by atoms with Gasteiger partial charge < -0.3 is 9.64 Å². The van der Waals surface area contributed by atoms with E-state index in [4.69, 9.17) is 4.74 Å². The fourth-order valence-electron chi connectivity index (χ4n) is 3.05. The Hall–Kier alpha value is -1.43. The first kappa shape index (κ1) is 11.6. The van der Waals surface area contributed by atoms with Crippen LogP contribution in [0.4, 0.5) is 0 Å². The lowest BCUT2D eigenvalue weighted by Gasteiger charge is -2.35. The standard InChI is InChI=1S/C12H16N2O4/c15-10-3-4-11(16)13(10)5-12(17)14-8-1-2-9(14)7-18-6-8/h8-9H,1-7H2. The lowest BCUT2D eigenvalue weighted by Crippen LogP contribution is -2.52. The van der Waals surface area contributed by atoms with Gasteiger partial charge in [-0.15, -0.1) is 0 Å². The Balaban J connectivity index is 1.68. The number of morpholine rings is 1. The molecule has 3 aliphatic heterocycles. The molecular weight excluding hydrogens is 236 g/mol. The maximum absolute atomic E-state index is 12.2. The van der Waals surface area contributed by atoms with Gasteiger partial charge in [-0.1, -0.05) is 0 Å². The predicted octanol–water partition coefficient (Wildman–Crippen LogP) is -0.475. The van der Waals surface area contributed by atoms with Crippen molar-refractivity contribution in [3.05, 3.63) is 0 Å². The van der Waals surface area contributed by atoms with Crippen molar-refractivity contribution >= 4 is 17.7 Å². The molecule has 6 heteroatoms. The van der Waals surface area contributed by atoms with Crippen LogP contribution in [0.1, 0.15) is 25.7 Å². The fourth-order valence-corrected chi connectivity index (χ4v) is 3.05. The molecule has 0 aromatic carbocycles. The molecule has 2 atom stereocenters. The van der Waals surface area contributed by atoms with Crippen LogP contribution >= 0.6 is 0 Å². The first-order valence-corrected chi connectivity index (χ1v) is 6.39. The predicted molar refractivity (Wildman–Crippen MR) is 60.4 cm³/mol. The highest BCUT2D eigenvalue weighted by Crippen LogP contribution is 2.29. The fraction of sp³-hybridized carbons (Fsp3) is 0.750. The topological polar surface area (TPSA) is 66.9 Å². The van der Waals surface area contributed by atoms with Gasteiger partial charge in [-0.25, -0.2) is 0 Å². The number of imide groups is 1. The van der Waals surface area contributed by atoms with E-state index < -0.39 is 0 Å². The summed E-state index contributed by atoms with van der Waals surface area (Å²) in [6.45, 7) is 1.05. The van der Waals surface area contributed by atoms with Crippen molar-refractivity contribution in [3.8, 4) is 0 Å². The summed E-state index contributed by atoms with van der Waals surface area (Å²) in [5.74, 6) is -0.572. The van der Waals surface area contributed by atoms with Gasteiger partial charge in [-0.2, -0.15) is 0 Å². The minimum absolute atomic E-state index is 0.0926. The van der Waals surface area contributed by atoms with Gasteiger partial charge in [0.2, 0.25) is 17.7 Å². The van der Waals surface area contributed by atoms with Gasteiger partial charge in [0.25, 0.3) is 0 Å². The summed E-state index contributed by atoms with van der Waals surface area (Å²) >= 11 is 0. The Bertz CT molecular complexity index is 377. The Morgan fingerprint density at radius 3 is 2.22 bits per heavy atom. The van der Waals surface area contributed by atoms with Crippen LogP contribution in [0.15, 0.2) is 0 Å². The average Bonchev–Trinajstić information content (AvgIpc) is 2.79. The summed E-state index contributed by atoms with van der Waals surface area (Å²) in [5, 5.41) is 0. The van der Waals surface area contributed by atoms with Crippen LogP contribution in [-0.4, -0.2) is 59.4 Å². The van der Waals surface area contributed by atoms with Gasteiger partial charge in [0.1, 0.15) is 6.54 Å². The zero-order valence-electron chi connectivity index (χ0n) is 10.1. The van der Waals surface area contributed by atoms with Crippen LogP contribution in [0.2, 0.25) is 0 Å². The van der Waals surface area contributed by atoms with Gasteiger partial charge in [-0.05, 0) is 12.8 Å². The zero-order chi connectivity index (χ0) is 12.7. The first-order chi connectivity index (χ1) is 8.66. The van der Waals surface area contributed by atoms with Crippen LogP contribution in [-0.2, 0) is 19.1 Å². The highest BCUT2D eigenvalue weighted by molar-refractivity contribution is 6.04. The van der Waals surface area contributed by atoms with Crippen molar-refractivity contribution in [1.82, 2.24) is 9.80 Å². The summed E-state index contributed by atoms with van der Waals surface area (Å²) in [7, 11) is 0. The number of likely N-dealkylation sites (tertiary alicyclic amines) is 1. The first-order valence-electron chi connectivity index (χ1n) is 6.39. The van der Waals surface area contributed by atoms with Crippen molar-refractivity contribution < 1.29 is 19.1 Å². The number of ether oxygens (including phenoxy) is 1. The summed E-state index contributed by atoms with van der Waals surface area (Å²) in [5.41, 5.74) is 0. The normalized spacial score (nSPS) is 31.3. The molecule has 98 valence electrons. The zero-order valence-corrected chi connectivity index (χ0v) is 10.1. The molecule has 6 nitrogen and oxygen atoms in total. The SMILES string of the molecule is O=C1CCC(=O)N1CC(=O)N1C2CCC1COC2. The van der Waals surface area contributed by atoms with Gasteiger partial charge in [0, 0.05) is 12.8 Å². The van der Waals surface area contributed by atoms with Crippen molar-refractivity contribution in [2.24, 2.45) is 0 Å². The third kappa shape index (κ3) is 1.80. The van der Waals surface area contributed by atoms with Crippen molar-refractivity contribution in [3.63, 3.8) is 0 Å². The van der Waals surface area contributed by atoms with E-state index in [-0.39, 0.29) is 49.2 Å². The molecule has 0 radical (unpaired) electrons. The molecule has 3 rings (SSSR count). The molecule has 2 bridgehead atoms. The molecule has 2 unspecified atom stereocenters. The average molecular weight is 252 g/mol. The minimum Gasteiger partial charge on any atom is -0.377 e. The van der Waals surface area contributed by atoms with E-state index in [1.54, 1.807) is 0 Å². The van der Waals surface area contributed by atoms with E-state index in [1.807, 2.05) is 4.90 Å². The Morgan fingerprint density at radius 2 is 1.67 bits per heavy atom. The molecular formula is C12H16N2O4. The second-order valence-corrected chi connectivity index (χ2v) is 5.10. The number of amides is 3. The lowest BCUT2D eigenvalue weighted by atomic mass is 10.2. The monoisotopic (exact) mass is 252 g/mol. The molecule has 0 saturated carbocycles. The Labute approximate surface area is 105 Å². The summed E-state index contributed by atoms with van der Waals surface area (Å²) < 4.78 is 5.41. The van der Waals surface area contributed by atoms with E-state index in [9.17, 15) is 14.4 Å². The molecule has 3 saturated heterocycles. The second kappa shape index (κ2) is 4.35. The number of nitrogens with zero attached hydrogens (tertiary/aromatic N) is 2. The van der Waals surface area contributed by atoms with Crippen molar-refractivity contribution in [2.75, 3.05) is 19.8 Å². The van der Waals surface area contributed by atoms with Gasteiger partial charge in [0.05, 0.1) is 25.3 Å². The van der Waals surface area contributed by atoms with Crippen LogP contribution in [0, 0.1) is 0 Å². The van der Waals surface area contributed by atoms with E-state index >= 15 is 0 Å². The molecule has 3 aliphatic rings. The Morgan fingerprint density at radius 1 is 1.11 bits per heavy atom. The summed E-state index contributed by atoms with van der Waals surface area (Å²) in [6.07, 6.45) is 2.39. The number of rotatable bonds is 2. The number of fused-ring (bicyclic) bond motifs is 2. The molecule has 0 aromatic heterocycles. The number of carbonyl (C=O) groups is 3. The number of hydrogen-bond donors (Lipinski definition) is 0. The van der Waals surface area contributed by atoms with Crippen LogP contribution in [0.5, 0.6) is 0 Å². The molecule has 3 heterocycles. The van der Waals surface area contributed by atoms with Gasteiger partial charge in [-0.3, -0.25) is 19.3 Å². The largest absolute Gasteiger partial charge is 0.377 e. The third-order valence-electron chi connectivity index (χ3n) is 3.98. The number of hydrogen-bond acceptors (Lipinski definition) is 4. The second-order valence-electron chi connectivity index (χ2n) is 5.10. The molecule has 3 amide bonds. The van der Waals surface area contributed by atoms with Crippen LogP contribution in [0.3, 0.4) is 0 Å². The highest BCUT2D eigenvalue weighted by Gasteiger charge is 2.42. The van der Waals surface area contributed by atoms with Crippen LogP contribution in [0.25, 0.3) is 0 Å². The summed E-state index contributed by atoms with van der Waals surface area (Å²) in [6, 6.07) is 0.258. The molecule has 0 aliphatic carbocycles. The minimum atomic E-state index is -0.228. The Kier molecular flexibility index (Phi) is 2.81. The molecule has 0 aromatic rings. The van der Waals surface area contributed by atoms with Crippen molar-refractivity contribution in [2.45, 2.75) is 37.8 Å². The van der Waals surface area contributed by atoms with Gasteiger partial charge >= 0.3 is 0 Å². The van der Waals surface area contributed by atoms with E-state index in [0.717, 1.165) is 17.7 Å². The van der Waals surface area contributed by atoms with Gasteiger partial charge in [0.15, 0.2) is 0 Å². The maximum atomic E-state index is 12.2. The van der Waals surface area contributed by atoms with E-state index in [2.05, 4.69) is 0 Å². The lowest BCUT2D eigenvalue weighted by molar-refractivity contribution is -0.150. The quantitative estimate of drug-likeness (QED) is 0.623. The molecule has 3 fully saturated rings. The smallest absolute Gasteiger partial charge is 0.243 e. The van der Waals surface area contributed by atoms with Crippen LogP contribution < -0.4 is 0 Å². The molecule has 18 heavy (non-hydrogen) atoms. The summed E-state index contributed by atoms with van der Waals surface area (Å²) in [4.78, 5) is 38.1. The van der Waals surface area contributed by atoms with E-state index in [1.165, 1.54) is 0 Å². The van der Waals surface area contributed by atoms with Crippen molar-refractivity contribution in [1.29, 1.82) is 0 Å². The third-order valence-corrected chi connectivity index (χ3v) is 3.98. The molecule has 0 spiro atoms. The highest BCUT2D eigenvalue weighted by atomic mass is 16.5. The van der Waals surface area contributed by atoms with E-state index in [0.29, 0.717) is 13.2 Å².